The maximum atomic E-state index is 3.67. The van der Waals surface area contributed by atoms with Crippen LogP contribution in [0.3, 0.4) is 0 Å². The molecule has 0 aliphatic carbocycles. The topological polar surface area (TPSA) is 15.3 Å². The minimum atomic E-state index is 0.478. The van der Waals surface area contributed by atoms with Crippen molar-refractivity contribution in [2.45, 2.75) is 39.7 Å². The SMILES string of the molecule is CCCNC(CCN(C)C)c1cc(C)cc(C)c1. The fourth-order valence-corrected chi connectivity index (χ4v) is 2.30. The maximum absolute atomic E-state index is 3.67. The first-order valence-electron chi connectivity index (χ1n) is 6.99. The molecule has 0 radical (unpaired) electrons. The van der Waals surface area contributed by atoms with Crippen LogP contribution in [0, 0.1) is 13.8 Å². The molecule has 1 N–H and O–H groups in total. The van der Waals surface area contributed by atoms with Crippen LogP contribution in [0.25, 0.3) is 0 Å². The standard InChI is InChI=1S/C16H28N2/c1-6-8-17-16(7-9-18(4)5)15-11-13(2)10-14(3)12-15/h10-12,16-17H,6-9H2,1-5H3. The molecule has 1 aromatic carbocycles. The van der Waals surface area contributed by atoms with E-state index >= 15 is 0 Å². The quantitative estimate of drug-likeness (QED) is 0.796. The van der Waals surface area contributed by atoms with Gasteiger partial charge in [-0.05, 0) is 59.4 Å². The number of hydrogen-bond acceptors (Lipinski definition) is 2. The van der Waals surface area contributed by atoms with Gasteiger partial charge >= 0.3 is 0 Å². The minimum absolute atomic E-state index is 0.478. The average molecular weight is 248 g/mol. The predicted octanol–water partition coefficient (Wildman–Crippen LogP) is 3.30. The van der Waals surface area contributed by atoms with Gasteiger partial charge in [-0.2, -0.15) is 0 Å². The summed E-state index contributed by atoms with van der Waals surface area (Å²) in [6.07, 6.45) is 2.35. The van der Waals surface area contributed by atoms with Crippen molar-refractivity contribution >= 4 is 0 Å². The van der Waals surface area contributed by atoms with Crippen LogP contribution in [0.5, 0.6) is 0 Å². The van der Waals surface area contributed by atoms with E-state index in [1.165, 1.54) is 23.1 Å². The number of aryl methyl sites for hydroxylation is 2. The third-order valence-corrected chi connectivity index (χ3v) is 3.15. The lowest BCUT2D eigenvalue weighted by atomic mass is 9.99. The van der Waals surface area contributed by atoms with Gasteiger partial charge < -0.3 is 10.2 Å². The highest BCUT2D eigenvalue weighted by atomic mass is 15.1. The van der Waals surface area contributed by atoms with E-state index in [2.05, 4.69) is 63.3 Å². The van der Waals surface area contributed by atoms with Crippen molar-refractivity contribution in [2.75, 3.05) is 27.2 Å². The Morgan fingerprint density at radius 3 is 2.22 bits per heavy atom. The van der Waals surface area contributed by atoms with Gasteiger partial charge in [-0.25, -0.2) is 0 Å². The number of hydrogen-bond donors (Lipinski definition) is 1. The van der Waals surface area contributed by atoms with Crippen LogP contribution in [-0.2, 0) is 0 Å². The van der Waals surface area contributed by atoms with Gasteiger partial charge in [0.05, 0.1) is 0 Å². The molecule has 1 aromatic rings. The molecule has 2 nitrogen and oxygen atoms in total. The second-order valence-electron chi connectivity index (χ2n) is 5.52. The van der Waals surface area contributed by atoms with Gasteiger partial charge in [0, 0.05) is 6.04 Å². The molecule has 0 aliphatic rings. The molecule has 0 saturated heterocycles. The van der Waals surface area contributed by atoms with Gasteiger partial charge in [-0.3, -0.25) is 0 Å². The van der Waals surface area contributed by atoms with Gasteiger partial charge in [0.15, 0.2) is 0 Å². The summed E-state index contributed by atoms with van der Waals surface area (Å²) in [4.78, 5) is 2.25. The fourth-order valence-electron chi connectivity index (χ4n) is 2.30. The first-order valence-corrected chi connectivity index (χ1v) is 6.99. The van der Waals surface area contributed by atoms with E-state index in [9.17, 15) is 0 Å². The van der Waals surface area contributed by atoms with E-state index in [1.54, 1.807) is 0 Å². The zero-order chi connectivity index (χ0) is 13.5. The molecule has 0 spiro atoms. The molecule has 0 aromatic heterocycles. The Balaban J connectivity index is 2.79. The van der Waals surface area contributed by atoms with Crippen molar-refractivity contribution in [3.63, 3.8) is 0 Å². The van der Waals surface area contributed by atoms with E-state index in [4.69, 9.17) is 0 Å². The van der Waals surface area contributed by atoms with Crippen LogP contribution in [-0.4, -0.2) is 32.1 Å². The summed E-state index contributed by atoms with van der Waals surface area (Å²) in [5.41, 5.74) is 4.15. The van der Waals surface area contributed by atoms with Gasteiger partial charge in [0.1, 0.15) is 0 Å². The van der Waals surface area contributed by atoms with E-state index in [-0.39, 0.29) is 0 Å². The van der Waals surface area contributed by atoms with Crippen LogP contribution in [0.4, 0.5) is 0 Å². The highest BCUT2D eigenvalue weighted by molar-refractivity contribution is 5.30. The highest BCUT2D eigenvalue weighted by Crippen LogP contribution is 2.20. The molecule has 0 bridgehead atoms. The van der Waals surface area contributed by atoms with E-state index < -0.39 is 0 Å². The average Bonchev–Trinajstić information content (AvgIpc) is 2.27. The molecule has 0 amide bonds. The van der Waals surface area contributed by atoms with Crippen molar-refractivity contribution < 1.29 is 0 Å². The summed E-state index contributed by atoms with van der Waals surface area (Å²) in [5.74, 6) is 0. The number of benzene rings is 1. The van der Waals surface area contributed by atoms with Crippen molar-refractivity contribution in [1.82, 2.24) is 10.2 Å². The third-order valence-electron chi connectivity index (χ3n) is 3.15. The first-order chi connectivity index (χ1) is 8.52. The summed E-state index contributed by atoms with van der Waals surface area (Å²) >= 11 is 0. The fraction of sp³-hybridized carbons (Fsp3) is 0.625. The van der Waals surface area contributed by atoms with Gasteiger partial charge in [-0.15, -0.1) is 0 Å². The summed E-state index contributed by atoms with van der Waals surface area (Å²) in [5, 5.41) is 3.67. The molecule has 18 heavy (non-hydrogen) atoms. The molecule has 0 fully saturated rings. The lowest BCUT2D eigenvalue weighted by Gasteiger charge is -2.22. The molecular formula is C16H28N2. The van der Waals surface area contributed by atoms with Crippen LogP contribution < -0.4 is 5.32 Å². The minimum Gasteiger partial charge on any atom is -0.310 e. The summed E-state index contributed by atoms with van der Waals surface area (Å²) < 4.78 is 0. The third kappa shape index (κ3) is 5.19. The molecule has 1 atom stereocenters. The number of rotatable bonds is 7. The van der Waals surface area contributed by atoms with Crippen LogP contribution in [0.1, 0.15) is 42.5 Å². The number of nitrogens with one attached hydrogen (secondary N) is 1. The van der Waals surface area contributed by atoms with Crippen LogP contribution in [0.15, 0.2) is 18.2 Å². The van der Waals surface area contributed by atoms with Crippen LogP contribution >= 0.6 is 0 Å². The van der Waals surface area contributed by atoms with E-state index in [0.29, 0.717) is 6.04 Å². The van der Waals surface area contributed by atoms with E-state index in [0.717, 1.165) is 19.5 Å². The monoisotopic (exact) mass is 248 g/mol. The summed E-state index contributed by atoms with van der Waals surface area (Å²) in [6.45, 7) is 8.79. The van der Waals surface area contributed by atoms with Gasteiger partial charge in [0.25, 0.3) is 0 Å². The molecule has 0 aliphatic heterocycles. The van der Waals surface area contributed by atoms with E-state index in [1.807, 2.05) is 0 Å². The number of nitrogens with zero attached hydrogens (tertiary/aromatic N) is 1. The van der Waals surface area contributed by atoms with Gasteiger partial charge in [0.2, 0.25) is 0 Å². The molecule has 102 valence electrons. The molecular weight excluding hydrogens is 220 g/mol. The second kappa shape index (κ2) is 7.55. The predicted molar refractivity (Wildman–Crippen MR) is 80.1 cm³/mol. The molecule has 1 unspecified atom stereocenters. The highest BCUT2D eigenvalue weighted by Gasteiger charge is 2.11. The Labute approximate surface area is 112 Å². The molecule has 0 saturated carbocycles. The lowest BCUT2D eigenvalue weighted by molar-refractivity contribution is 0.361. The molecule has 0 heterocycles. The largest absolute Gasteiger partial charge is 0.310 e. The Morgan fingerprint density at radius 1 is 1.11 bits per heavy atom. The van der Waals surface area contributed by atoms with Crippen molar-refractivity contribution in [3.05, 3.63) is 34.9 Å². The Morgan fingerprint density at radius 2 is 1.72 bits per heavy atom. The smallest absolute Gasteiger partial charge is 0.0332 e. The van der Waals surface area contributed by atoms with Crippen molar-refractivity contribution in [2.24, 2.45) is 0 Å². The Hall–Kier alpha value is -0.860. The van der Waals surface area contributed by atoms with Crippen molar-refractivity contribution in [3.8, 4) is 0 Å². The Kier molecular flexibility index (Phi) is 6.37. The molecule has 1 rings (SSSR count). The first kappa shape index (κ1) is 15.2. The van der Waals surface area contributed by atoms with Crippen molar-refractivity contribution in [1.29, 1.82) is 0 Å². The van der Waals surface area contributed by atoms with Gasteiger partial charge in [-0.1, -0.05) is 36.2 Å². The molecule has 2 heteroatoms. The summed E-state index contributed by atoms with van der Waals surface area (Å²) in [7, 11) is 4.27. The lowest BCUT2D eigenvalue weighted by Crippen LogP contribution is -2.26. The second-order valence-corrected chi connectivity index (χ2v) is 5.52. The van der Waals surface area contributed by atoms with Crippen LogP contribution in [0.2, 0.25) is 0 Å². The summed E-state index contributed by atoms with van der Waals surface area (Å²) in [6, 6.07) is 7.35. The zero-order valence-corrected chi connectivity index (χ0v) is 12.6. The Bertz CT molecular complexity index is 338. The maximum Gasteiger partial charge on any atom is 0.0332 e. The normalized spacial score (nSPS) is 13.0. The zero-order valence-electron chi connectivity index (χ0n) is 12.6.